The number of nitrogens with one attached hydrogen (secondary N) is 1. The van der Waals surface area contributed by atoms with Crippen LogP contribution in [0.5, 0.6) is 0 Å². The van der Waals surface area contributed by atoms with Gasteiger partial charge in [0.2, 0.25) is 11.8 Å². The Morgan fingerprint density at radius 3 is 2.50 bits per heavy atom. The maximum atomic E-state index is 12.1. The summed E-state index contributed by atoms with van der Waals surface area (Å²) in [5.41, 5.74) is 1.78. The van der Waals surface area contributed by atoms with Crippen molar-refractivity contribution in [2.75, 3.05) is 0 Å². The van der Waals surface area contributed by atoms with E-state index < -0.39 is 12.0 Å². The Morgan fingerprint density at radius 2 is 1.79 bits per heavy atom. The molecule has 0 fully saturated rings. The van der Waals surface area contributed by atoms with Crippen molar-refractivity contribution < 1.29 is 18.7 Å². The van der Waals surface area contributed by atoms with Gasteiger partial charge in [-0.15, -0.1) is 0 Å². The maximum absolute atomic E-state index is 12.1. The van der Waals surface area contributed by atoms with Crippen molar-refractivity contribution in [3.63, 3.8) is 0 Å². The van der Waals surface area contributed by atoms with E-state index in [4.69, 9.17) is 9.15 Å². The van der Waals surface area contributed by atoms with Crippen LogP contribution in [0.25, 0.3) is 17.4 Å². The summed E-state index contributed by atoms with van der Waals surface area (Å²) in [6.07, 6.45) is 4.63. The summed E-state index contributed by atoms with van der Waals surface area (Å²) >= 11 is 0. The van der Waals surface area contributed by atoms with E-state index in [1.807, 2.05) is 60.7 Å². The molecule has 6 heteroatoms. The molecule has 142 valence electrons. The lowest BCUT2D eigenvalue weighted by Crippen LogP contribution is -2.38. The van der Waals surface area contributed by atoms with Crippen molar-refractivity contribution in [2.24, 2.45) is 0 Å². The van der Waals surface area contributed by atoms with Crippen molar-refractivity contribution in [1.82, 2.24) is 10.3 Å². The Kier molecular flexibility index (Phi) is 6.36. The Morgan fingerprint density at radius 1 is 1.11 bits per heavy atom. The fourth-order valence-electron chi connectivity index (χ4n) is 2.43. The third-order valence-electron chi connectivity index (χ3n) is 3.89. The number of carbonyl (C=O) groups excluding carboxylic acids is 2. The molecular formula is C22H20N2O4. The van der Waals surface area contributed by atoms with E-state index in [0.29, 0.717) is 5.76 Å². The number of amides is 1. The standard InChI is InChI=1S/C22H20N2O4/c1-16(24-20(25)13-12-17-8-4-2-5-9-17)22(26)27-15-21-23-14-19(28-21)18-10-6-3-7-11-18/h2-14,16H,15H2,1H3,(H,24,25)/b13-12+/t16-/m0/s1. The molecule has 1 aromatic heterocycles. The van der Waals surface area contributed by atoms with Gasteiger partial charge < -0.3 is 14.5 Å². The Labute approximate surface area is 162 Å². The largest absolute Gasteiger partial charge is 0.454 e. The number of aromatic nitrogens is 1. The lowest BCUT2D eigenvalue weighted by molar-refractivity contribution is -0.148. The molecule has 1 atom stereocenters. The van der Waals surface area contributed by atoms with E-state index >= 15 is 0 Å². The minimum Gasteiger partial charge on any atom is -0.454 e. The molecule has 1 heterocycles. The van der Waals surface area contributed by atoms with Gasteiger partial charge in [0.05, 0.1) is 6.20 Å². The average Bonchev–Trinajstić information content (AvgIpc) is 3.21. The zero-order valence-corrected chi connectivity index (χ0v) is 15.4. The molecule has 2 aromatic carbocycles. The number of nitrogens with zero attached hydrogens (tertiary/aromatic N) is 1. The van der Waals surface area contributed by atoms with Gasteiger partial charge in [-0.1, -0.05) is 60.7 Å². The van der Waals surface area contributed by atoms with Gasteiger partial charge in [-0.25, -0.2) is 9.78 Å². The number of rotatable bonds is 7. The minimum atomic E-state index is -0.795. The zero-order chi connectivity index (χ0) is 19.8. The van der Waals surface area contributed by atoms with Gasteiger partial charge >= 0.3 is 5.97 Å². The van der Waals surface area contributed by atoms with Crippen LogP contribution in [0.15, 0.2) is 77.4 Å². The molecule has 0 aliphatic heterocycles. The molecular weight excluding hydrogens is 356 g/mol. The van der Waals surface area contributed by atoms with E-state index in [9.17, 15) is 9.59 Å². The predicted molar refractivity (Wildman–Crippen MR) is 105 cm³/mol. The highest BCUT2D eigenvalue weighted by Crippen LogP contribution is 2.20. The molecule has 28 heavy (non-hydrogen) atoms. The highest BCUT2D eigenvalue weighted by Gasteiger charge is 2.17. The smallest absolute Gasteiger partial charge is 0.328 e. The molecule has 0 unspecified atom stereocenters. The fourth-order valence-corrected chi connectivity index (χ4v) is 2.43. The molecule has 0 bridgehead atoms. The summed E-state index contributed by atoms with van der Waals surface area (Å²) in [7, 11) is 0. The number of hydrogen-bond donors (Lipinski definition) is 1. The van der Waals surface area contributed by atoms with E-state index in [1.54, 1.807) is 19.2 Å². The van der Waals surface area contributed by atoms with Gasteiger partial charge in [-0.3, -0.25) is 4.79 Å². The van der Waals surface area contributed by atoms with Crippen molar-refractivity contribution >= 4 is 18.0 Å². The topological polar surface area (TPSA) is 81.4 Å². The van der Waals surface area contributed by atoms with Gasteiger partial charge in [-0.2, -0.15) is 0 Å². The summed E-state index contributed by atoms with van der Waals surface area (Å²) < 4.78 is 10.8. The molecule has 0 spiro atoms. The van der Waals surface area contributed by atoms with Crippen LogP contribution in [0.3, 0.4) is 0 Å². The monoisotopic (exact) mass is 376 g/mol. The van der Waals surface area contributed by atoms with Crippen LogP contribution in [0.4, 0.5) is 0 Å². The first-order chi connectivity index (χ1) is 13.6. The zero-order valence-electron chi connectivity index (χ0n) is 15.4. The van der Waals surface area contributed by atoms with Crippen LogP contribution in [0.2, 0.25) is 0 Å². The number of carbonyl (C=O) groups is 2. The van der Waals surface area contributed by atoms with Crippen molar-refractivity contribution in [2.45, 2.75) is 19.6 Å². The van der Waals surface area contributed by atoms with Gasteiger partial charge in [0.15, 0.2) is 12.4 Å². The minimum absolute atomic E-state index is 0.105. The van der Waals surface area contributed by atoms with Crippen LogP contribution in [0, 0.1) is 0 Å². The van der Waals surface area contributed by atoms with Crippen LogP contribution >= 0.6 is 0 Å². The van der Waals surface area contributed by atoms with E-state index in [2.05, 4.69) is 10.3 Å². The molecule has 3 rings (SSSR count). The van der Waals surface area contributed by atoms with Crippen LogP contribution in [0.1, 0.15) is 18.4 Å². The molecule has 3 aromatic rings. The first-order valence-electron chi connectivity index (χ1n) is 8.82. The number of oxazole rings is 1. The van der Waals surface area contributed by atoms with E-state index in [-0.39, 0.29) is 18.4 Å². The predicted octanol–water partition coefficient (Wildman–Crippen LogP) is 3.60. The summed E-state index contributed by atoms with van der Waals surface area (Å²) in [4.78, 5) is 28.1. The summed E-state index contributed by atoms with van der Waals surface area (Å²) in [6.45, 7) is 1.45. The number of benzene rings is 2. The summed E-state index contributed by atoms with van der Waals surface area (Å²) in [5.74, 6) is -0.0644. The van der Waals surface area contributed by atoms with Crippen LogP contribution in [-0.2, 0) is 20.9 Å². The average molecular weight is 376 g/mol. The van der Waals surface area contributed by atoms with Crippen LogP contribution < -0.4 is 5.32 Å². The number of ether oxygens (including phenoxy) is 1. The first-order valence-corrected chi connectivity index (χ1v) is 8.82. The lowest BCUT2D eigenvalue weighted by Gasteiger charge is -2.11. The van der Waals surface area contributed by atoms with Gasteiger partial charge in [-0.05, 0) is 18.6 Å². The lowest BCUT2D eigenvalue weighted by atomic mass is 10.2. The van der Waals surface area contributed by atoms with Gasteiger partial charge in [0.25, 0.3) is 0 Å². The summed E-state index contributed by atoms with van der Waals surface area (Å²) in [5, 5.41) is 2.57. The summed E-state index contributed by atoms with van der Waals surface area (Å²) in [6, 6.07) is 18.1. The Bertz CT molecular complexity index is 949. The number of esters is 1. The molecule has 0 saturated carbocycles. The van der Waals surface area contributed by atoms with E-state index in [0.717, 1.165) is 11.1 Å². The molecule has 0 aliphatic rings. The molecule has 1 amide bonds. The van der Waals surface area contributed by atoms with Gasteiger partial charge in [0.1, 0.15) is 6.04 Å². The van der Waals surface area contributed by atoms with Crippen LogP contribution in [-0.4, -0.2) is 22.9 Å². The SMILES string of the molecule is C[C@H](NC(=O)/C=C/c1ccccc1)C(=O)OCc1ncc(-c2ccccc2)o1. The second-order valence-corrected chi connectivity index (χ2v) is 6.07. The Hall–Kier alpha value is -3.67. The van der Waals surface area contributed by atoms with Crippen molar-refractivity contribution in [3.8, 4) is 11.3 Å². The third-order valence-corrected chi connectivity index (χ3v) is 3.89. The molecule has 0 aliphatic carbocycles. The first kappa shape index (κ1) is 19.1. The highest BCUT2D eigenvalue weighted by molar-refractivity contribution is 5.94. The van der Waals surface area contributed by atoms with E-state index in [1.165, 1.54) is 6.08 Å². The number of hydrogen-bond acceptors (Lipinski definition) is 5. The highest BCUT2D eigenvalue weighted by atomic mass is 16.5. The van der Waals surface area contributed by atoms with Crippen molar-refractivity contribution in [1.29, 1.82) is 0 Å². The Balaban J connectivity index is 1.47. The fraction of sp³-hybridized carbons (Fsp3) is 0.136. The second kappa shape index (κ2) is 9.32. The molecule has 0 saturated heterocycles. The van der Waals surface area contributed by atoms with Crippen molar-refractivity contribution in [3.05, 3.63) is 84.4 Å². The third kappa shape index (κ3) is 5.41. The maximum Gasteiger partial charge on any atom is 0.328 e. The molecule has 6 nitrogen and oxygen atoms in total. The molecule has 1 N–H and O–H groups in total. The second-order valence-electron chi connectivity index (χ2n) is 6.07. The normalized spacial score (nSPS) is 11.9. The quantitative estimate of drug-likeness (QED) is 0.503. The van der Waals surface area contributed by atoms with Gasteiger partial charge in [0, 0.05) is 11.6 Å². The molecule has 0 radical (unpaired) electrons.